The molecule has 0 aliphatic carbocycles. The van der Waals surface area contributed by atoms with Gasteiger partial charge in [-0.25, -0.2) is 0 Å². The molecule has 0 radical (unpaired) electrons. The van der Waals surface area contributed by atoms with Crippen LogP contribution in [0.4, 0.5) is 5.82 Å². The fraction of sp³-hybridized carbons (Fsp3) is 0.714. The van der Waals surface area contributed by atoms with Gasteiger partial charge in [0.15, 0.2) is 5.82 Å². The summed E-state index contributed by atoms with van der Waals surface area (Å²) in [5.74, 6) is 1.53. The van der Waals surface area contributed by atoms with Crippen molar-refractivity contribution >= 4 is 5.82 Å². The Morgan fingerprint density at radius 3 is 3.00 bits per heavy atom. The van der Waals surface area contributed by atoms with Crippen molar-refractivity contribution < 1.29 is 4.74 Å². The predicted molar refractivity (Wildman–Crippen MR) is 76.7 cm³/mol. The molecule has 106 valence electrons. The number of nitrogens with zero attached hydrogens (tertiary/aromatic N) is 3. The van der Waals surface area contributed by atoms with E-state index in [9.17, 15) is 0 Å². The third-order valence-electron chi connectivity index (χ3n) is 3.31. The summed E-state index contributed by atoms with van der Waals surface area (Å²) in [6.45, 7) is 7.90. The first-order valence-electron chi connectivity index (χ1n) is 7.26. The Labute approximate surface area is 115 Å². The highest BCUT2D eigenvalue weighted by Crippen LogP contribution is 2.17. The summed E-state index contributed by atoms with van der Waals surface area (Å²) in [5.41, 5.74) is 0. The summed E-state index contributed by atoms with van der Waals surface area (Å²) in [7, 11) is 0. The molecule has 1 unspecified atom stereocenters. The summed E-state index contributed by atoms with van der Waals surface area (Å²) < 4.78 is 5.43. The van der Waals surface area contributed by atoms with Crippen LogP contribution in [0.25, 0.3) is 0 Å². The minimum absolute atomic E-state index is 0.573. The van der Waals surface area contributed by atoms with Crippen molar-refractivity contribution in [1.82, 2.24) is 15.3 Å². The minimum atomic E-state index is 0.573. The smallest absolute Gasteiger partial charge is 0.234 e. The lowest BCUT2D eigenvalue weighted by Gasteiger charge is -2.26. The zero-order valence-electron chi connectivity index (χ0n) is 11.9. The zero-order valence-corrected chi connectivity index (χ0v) is 11.9. The quantitative estimate of drug-likeness (QED) is 0.814. The Balaban J connectivity index is 2.05. The number of hydrogen-bond donors (Lipinski definition) is 1. The van der Waals surface area contributed by atoms with Gasteiger partial charge in [-0.15, -0.1) is 0 Å². The van der Waals surface area contributed by atoms with Gasteiger partial charge in [0.05, 0.1) is 19.0 Å². The molecule has 1 aromatic rings. The van der Waals surface area contributed by atoms with Crippen LogP contribution in [0.2, 0.25) is 0 Å². The molecule has 1 atom stereocenters. The highest BCUT2D eigenvalue weighted by molar-refractivity contribution is 5.37. The van der Waals surface area contributed by atoms with Gasteiger partial charge in [-0.3, -0.25) is 4.98 Å². The molecular formula is C14H24N4O. The van der Waals surface area contributed by atoms with Crippen molar-refractivity contribution in [3.8, 4) is 5.88 Å². The molecule has 1 N–H and O–H groups in total. The van der Waals surface area contributed by atoms with Crippen LogP contribution >= 0.6 is 0 Å². The standard InChI is InChI=1S/C14H24N4O/c1-3-8-18(11-12-6-5-7-16-12)13-9-15-10-14(17-13)19-4-2/h9-10,12,16H,3-8,11H2,1-2H3. The normalized spacial score (nSPS) is 18.5. The van der Waals surface area contributed by atoms with Crippen LogP contribution in [0.15, 0.2) is 12.4 Å². The first-order chi connectivity index (χ1) is 9.33. The van der Waals surface area contributed by atoms with Gasteiger partial charge in [0, 0.05) is 19.1 Å². The van der Waals surface area contributed by atoms with E-state index in [0.717, 1.165) is 31.9 Å². The largest absolute Gasteiger partial charge is 0.477 e. The van der Waals surface area contributed by atoms with Gasteiger partial charge < -0.3 is 15.0 Å². The Hall–Kier alpha value is -1.36. The molecule has 0 aromatic carbocycles. The van der Waals surface area contributed by atoms with Crippen LogP contribution in [0.5, 0.6) is 5.88 Å². The SMILES string of the molecule is CCCN(CC1CCCN1)c1cncc(OCC)n1. The van der Waals surface area contributed by atoms with Gasteiger partial charge in [-0.05, 0) is 32.7 Å². The van der Waals surface area contributed by atoms with E-state index in [0.29, 0.717) is 18.5 Å². The van der Waals surface area contributed by atoms with Gasteiger partial charge in [0.1, 0.15) is 0 Å². The van der Waals surface area contributed by atoms with Gasteiger partial charge in [-0.1, -0.05) is 6.92 Å². The Bertz CT molecular complexity index is 379. The van der Waals surface area contributed by atoms with E-state index < -0.39 is 0 Å². The molecule has 1 aliphatic rings. The van der Waals surface area contributed by atoms with E-state index in [-0.39, 0.29) is 0 Å². The molecule has 2 rings (SSSR count). The number of aromatic nitrogens is 2. The van der Waals surface area contributed by atoms with Crippen molar-refractivity contribution in [2.45, 2.75) is 39.2 Å². The molecule has 1 saturated heterocycles. The molecule has 1 aromatic heterocycles. The lowest BCUT2D eigenvalue weighted by molar-refractivity contribution is 0.325. The monoisotopic (exact) mass is 264 g/mol. The minimum Gasteiger partial charge on any atom is -0.477 e. The van der Waals surface area contributed by atoms with Crippen LogP contribution in [0.3, 0.4) is 0 Å². The van der Waals surface area contributed by atoms with E-state index in [1.165, 1.54) is 12.8 Å². The summed E-state index contributed by atoms with van der Waals surface area (Å²) >= 11 is 0. The summed E-state index contributed by atoms with van der Waals surface area (Å²) in [6.07, 6.45) is 7.12. The van der Waals surface area contributed by atoms with Crippen LogP contribution < -0.4 is 15.0 Å². The molecule has 2 heterocycles. The lowest BCUT2D eigenvalue weighted by atomic mass is 10.2. The number of ether oxygens (including phenoxy) is 1. The Kier molecular flexibility index (Phi) is 5.39. The third-order valence-corrected chi connectivity index (χ3v) is 3.31. The highest BCUT2D eigenvalue weighted by atomic mass is 16.5. The van der Waals surface area contributed by atoms with Crippen LogP contribution in [0.1, 0.15) is 33.1 Å². The second kappa shape index (κ2) is 7.28. The average molecular weight is 264 g/mol. The maximum Gasteiger partial charge on any atom is 0.234 e. The molecule has 19 heavy (non-hydrogen) atoms. The Morgan fingerprint density at radius 2 is 2.32 bits per heavy atom. The number of anilines is 1. The second-order valence-corrected chi connectivity index (χ2v) is 4.89. The maximum absolute atomic E-state index is 5.43. The molecule has 5 nitrogen and oxygen atoms in total. The number of hydrogen-bond acceptors (Lipinski definition) is 5. The van der Waals surface area contributed by atoms with Crippen LogP contribution in [-0.4, -0.2) is 42.3 Å². The van der Waals surface area contributed by atoms with Crippen molar-refractivity contribution in [2.24, 2.45) is 0 Å². The third kappa shape index (κ3) is 4.06. The van der Waals surface area contributed by atoms with E-state index in [4.69, 9.17) is 4.74 Å². The van der Waals surface area contributed by atoms with E-state index in [1.807, 2.05) is 13.1 Å². The predicted octanol–water partition coefficient (Wildman–Crippen LogP) is 1.84. The summed E-state index contributed by atoms with van der Waals surface area (Å²) in [6, 6.07) is 0.573. The van der Waals surface area contributed by atoms with Gasteiger partial charge >= 0.3 is 0 Å². The van der Waals surface area contributed by atoms with Gasteiger partial charge in [0.2, 0.25) is 5.88 Å². The molecular weight excluding hydrogens is 240 g/mol. The molecule has 0 spiro atoms. The fourth-order valence-electron chi connectivity index (χ4n) is 2.46. The maximum atomic E-state index is 5.43. The highest BCUT2D eigenvalue weighted by Gasteiger charge is 2.19. The lowest BCUT2D eigenvalue weighted by Crippen LogP contribution is -2.38. The van der Waals surface area contributed by atoms with E-state index in [1.54, 1.807) is 6.20 Å². The van der Waals surface area contributed by atoms with Crippen molar-refractivity contribution in [3.05, 3.63) is 12.4 Å². The molecule has 0 saturated carbocycles. The summed E-state index contributed by atoms with van der Waals surface area (Å²) in [5, 5.41) is 3.53. The molecule has 0 bridgehead atoms. The van der Waals surface area contributed by atoms with Crippen molar-refractivity contribution in [3.63, 3.8) is 0 Å². The Morgan fingerprint density at radius 1 is 1.42 bits per heavy atom. The molecule has 1 aliphatic heterocycles. The molecule has 0 amide bonds. The first-order valence-corrected chi connectivity index (χ1v) is 7.26. The average Bonchev–Trinajstić information content (AvgIpc) is 2.92. The van der Waals surface area contributed by atoms with Crippen molar-refractivity contribution in [1.29, 1.82) is 0 Å². The summed E-state index contributed by atoms with van der Waals surface area (Å²) in [4.78, 5) is 11.1. The van der Waals surface area contributed by atoms with Gasteiger partial charge in [-0.2, -0.15) is 4.98 Å². The van der Waals surface area contributed by atoms with Crippen LogP contribution in [-0.2, 0) is 0 Å². The second-order valence-electron chi connectivity index (χ2n) is 4.89. The molecule has 1 fully saturated rings. The van der Waals surface area contributed by atoms with Crippen molar-refractivity contribution in [2.75, 3.05) is 31.1 Å². The number of nitrogens with one attached hydrogen (secondary N) is 1. The van der Waals surface area contributed by atoms with Crippen LogP contribution in [0, 0.1) is 0 Å². The topological polar surface area (TPSA) is 50.3 Å². The number of rotatable bonds is 7. The van der Waals surface area contributed by atoms with E-state index in [2.05, 4.69) is 27.1 Å². The first kappa shape index (κ1) is 14.1. The van der Waals surface area contributed by atoms with E-state index >= 15 is 0 Å². The fourth-order valence-corrected chi connectivity index (χ4v) is 2.46. The van der Waals surface area contributed by atoms with Gasteiger partial charge in [0.25, 0.3) is 0 Å². The molecule has 5 heteroatoms. The zero-order chi connectivity index (χ0) is 13.5.